The monoisotopic (exact) mass is 274 g/mol. The minimum Gasteiger partial charge on any atom is -0.298 e. The molecular formula is C17H26N2O. The van der Waals surface area contributed by atoms with Crippen LogP contribution in [0.1, 0.15) is 36.2 Å². The number of carbonyl (C=O) groups is 1. The molecule has 0 spiro atoms. The number of carbonyl (C=O) groups excluding carboxylic acids is 1. The molecule has 0 aliphatic carbocycles. The highest BCUT2D eigenvalue weighted by Gasteiger charge is 2.21. The zero-order valence-electron chi connectivity index (χ0n) is 12.9. The van der Waals surface area contributed by atoms with Gasteiger partial charge in [0, 0.05) is 37.8 Å². The van der Waals surface area contributed by atoms with E-state index < -0.39 is 0 Å². The molecule has 0 amide bonds. The number of piperazine rings is 1. The first-order valence-electron chi connectivity index (χ1n) is 7.66. The molecule has 110 valence electrons. The van der Waals surface area contributed by atoms with Crippen LogP contribution in [0.5, 0.6) is 0 Å². The molecule has 1 unspecified atom stereocenters. The average molecular weight is 274 g/mol. The fraction of sp³-hybridized carbons (Fsp3) is 0.588. The maximum atomic E-state index is 12.2. The fourth-order valence-electron chi connectivity index (χ4n) is 2.65. The van der Waals surface area contributed by atoms with Crippen molar-refractivity contribution < 1.29 is 4.79 Å². The van der Waals surface area contributed by atoms with E-state index >= 15 is 0 Å². The van der Waals surface area contributed by atoms with Crippen molar-refractivity contribution in [2.75, 3.05) is 32.7 Å². The summed E-state index contributed by atoms with van der Waals surface area (Å²) in [5.74, 6) is 0.238. The van der Waals surface area contributed by atoms with Gasteiger partial charge in [0.1, 0.15) is 0 Å². The number of nitrogens with zero attached hydrogens (tertiary/aromatic N) is 2. The molecule has 0 aromatic heterocycles. The lowest BCUT2D eigenvalue weighted by Gasteiger charge is -2.37. The predicted molar refractivity (Wildman–Crippen MR) is 83.3 cm³/mol. The maximum absolute atomic E-state index is 12.2. The number of ketones is 1. The summed E-state index contributed by atoms with van der Waals surface area (Å²) in [6.07, 6.45) is 1.20. The summed E-state index contributed by atoms with van der Waals surface area (Å²) in [6, 6.07) is 8.55. The molecule has 0 bridgehead atoms. The maximum Gasteiger partial charge on any atom is 0.176 e. The SMILES string of the molecule is CCC(C)N1CCN(CC(=O)c2ccc(C)cc2)CC1. The second-order valence-electron chi connectivity index (χ2n) is 5.86. The van der Waals surface area contributed by atoms with Crippen LogP contribution in [0.2, 0.25) is 0 Å². The van der Waals surface area contributed by atoms with Crippen molar-refractivity contribution in [3.05, 3.63) is 35.4 Å². The van der Waals surface area contributed by atoms with Gasteiger partial charge in [0.2, 0.25) is 0 Å². The highest BCUT2D eigenvalue weighted by Crippen LogP contribution is 2.10. The Morgan fingerprint density at radius 3 is 2.30 bits per heavy atom. The van der Waals surface area contributed by atoms with Crippen LogP contribution in [0.3, 0.4) is 0 Å². The van der Waals surface area contributed by atoms with E-state index in [1.54, 1.807) is 0 Å². The summed E-state index contributed by atoms with van der Waals surface area (Å²) in [6.45, 7) is 11.3. The number of aryl methyl sites for hydroxylation is 1. The summed E-state index contributed by atoms with van der Waals surface area (Å²) in [7, 11) is 0. The number of Topliss-reactive ketones (excluding diaryl/α,β-unsaturated/α-hetero) is 1. The first-order valence-corrected chi connectivity index (χ1v) is 7.66. The lowest BCUT2D eigenvalue weighted by Crippen LogP contribution is -2.50. The van der Waals surface area contributed by atoms with Gasteiger partial charge in [0.25, 0.3) is 0 Å². The van der Waals surface area contributed by atoms with Gasteiger partial charge in [0.15, 0.2) is 5.78 Å². The molecule has 0 N–H and O–H groups in total. The van der Waals surface area contributed by atoms with Crippen molar-refractivity contribution >= 4 is 5.78 Å². The van der Waals surface area contributed by atoms with Crippen LogP contribution in [-0.2, 0) is 0 Å². The summed E-state index contributed by atoms with van der Waals surface area (Å²) < 4.78 is 0. The van der Waals surface area contributed by atoms with Crippen molar-refractivity contribution in [3.63, 3.8) is 0 Å². The van der Waals surface area contributed by atoms with Gasteiger partial charge < -0.3 is 0 Å². The molecule has 0 saturated carbocycles. The molecule has 1 heterocycles. The Hall–Kier alpha value is -1.19. The smallest absolute Gasteiger partial charge is 0.176 e. The van der Waals surface area contributed by atoms with Gasteiger partial charge in [-0.3, -0.25) is 14.6 Å². The van der Waals surface area contributed by atoms with Crippen molar-refractivity contribution in [2.45, 2.75) is 33.2 Å². The molecule has 20 heavy (non-hydrogen) atoms. The zero-order chi connectivity index (χ0) is 14.5. The predicted octanol–water partition coefficient (Wildman–Crippen LogP) is 2.59. The third kappa shape index (κ3) is 3.90. The number of benzene rings is 1. The Bertz CT molecular complexity index is 433. The Morgan fingerprint density at radius 2 is 1.75 bits per heavy atom. The second-order valence-corrected chi connectivity index (χ2v) is 5.86. The molecule has 1 fully saturated rings. The third-order valence-corrected chi connectivity index (χ3v) is 4.36. The van der Waals surface area contributed by atoms with Crippen LogP contribution in [0.25, 0.3) is 0 Å². The summed E-state index contributed by atoms with van der Waals surface area (Å²) >= 11 is 0. The molecule has 1 atom stereocenters. The third-order valence-electron chi connectivity index (χ3n) is 4.36. The molecule has 3 nitrogen and oxygen atoms in total. The zero-order valence-corrected chi connectivity index (χ0v) is 12.9. The summed E-state index contributed by atoms with van der Waals surface area (Å²) in [5.41, 5.74) is 2.03. The Morgan fingerprint density at radius 1 is 1.15 bits per heavy atom. The topological polar surface area (TPSA) is 23.6 Å². The van der Waals surface area contributed by atoms with E-state index in [2.05, 4.69) is 23.6 Å². The highest BCUT2D eigenvalue weighted by molar-refractivity contribution is 5.97. The fourth-order valence-corrected chi connectivity index (χ4v) is 2.65. The largest absolute Gasteiger partial charge is 0.298 e. The standard InChI is InChI=1S/C17H26N2O/c1-4-15(3)19-11-9-18(10-12-19)13-17(20)16-7-5-14(2)6-8-16/h5-8,15H,4,9-13H2,1-3H3. The minimum atomic E-state index is 0.238. The van der Waals surface area contributed by atoms with Crippen LogP contribution in [0.4, 0.5) is 0 Å². The minimum absolute atomic E-state index is 0.238. The molecule has 1 aliphatic heterocycles. The van der Waals surface area contributed by atoms with Gasteiger partial charge in [-0.05, 0) is 20.3 Å². The van der Waals surface area contributed by atoms with E-state index in [1.165, 1.54) is 12.0 Å². The van der Waals surface area contributed by atoms with E-state index in [-0.39, 0.29) is 5.78 Å². The molecule has 2 rings (SSSR count). The molecule has 3 heteroatoms. The molecule has 1 aliphatic rings. The molecule has 0 radical (unpaired) electrons. The van der Waals surface area contributed by atoms with Gasteiger partial charge in [-0.2, -0.15) is 0 Å². The summed E-state index contributed by atoms with van der Waals surface area (Å²) in [4.78, 5) is 17.0. The van der Waals surface area contributed by atoms with Crippen molar-refractivity contribution in [3.8, 4) is 0 Å². The first kappa shape index (κ1) is 15.2. The second kappa shape index (κ2) is 7.00. The number of rotatable bonds is 5. The molecular weight excluding hydrogens is 248 g/mol. The van der Waals surface area contributed by atoms with Crippen LogP contribution >= 0.6 is 0 Å². The van der Waals surface area contributed by atoms with Gasteiger partial charge >= 0.3 is 0 Å². The average Bonchev–Trinajstić information content (AvgIpc) is 2.48. The van der Waals surface area contributed by atoms with Gasteiger partial charge in [-0.1, -0.05) is 36.8 Å². The highest BCUT2D eigenvalue weighted by atomic mass is 16.1. The lowest BCUT2D eigenvalue weighted by molar-refractivity contribution is 0.0784. The Kier molecular flexibility index (Phi) is 5.32. The molecule has 1 saturated heterocycles. The van der Waals surface area contributed by atoms with Gasteiger partial charge in [-0.15, -0.1) is 0 Å². The molecule has 1 aromatic carbocycles. The first-order chi connectivity index (χ1) is 9.60. The lowest BCUT2D eigenvalue weighted by atomic mass is 10.1. The quantitative estimate of drug-likeness (QED) is 0.771. The van der Waals surface area contributed by atoms with Crippen LogP contribution in [0.15, 0.2) is 24.3 Å². The Balaban J connectivity index is 1.83. The number of hydrogen-bond donors (Lipinski definition) is 0. The van der Waals surface area contributed by atoms with Crippen LogP contribution < -0.4 is 0 Å². The van der Waals surface area contributed by atoms with E-state index in [0.29, 0.717) is 12.6 Å². The van der Waals surface area contributed by atoms with Crippen molar-refractivity contribution in [1.29, 1.82) is 0 Å². The number of hydrogen-bond acceptors (Lipinski definition) is 3. The van der Waals surface area contributed by atoms with E-state index in [0.717, 1.165) is 31.7 Å². The summed E-state index contributed by atoms with van der Waals surface area (Å²) in [5, 5.41) is 0. The van der Waals surface area contributed by atoms with Crippen molar-refractivity contribution in [2.24, 2.45) is 0 Å². The normalized spacial score (nSPS) is 18.9. The van der Waals surface area contributed by atoms with E-state index in [1.807, 2.05) is 31.2 Å². The molecule has 1 aromatic rings. The van der Waals surface area contributed by atoms with Crippen LogP contribution in [-0.4, -0.2) is 54.3 Å². The Labute approximate surface area is 122 Å². The van der Waals surface area contributed by atoms with Crippen LogP contribution in [0, 0.1) is 6.92 Å². The van der Waals surface area contributed by atoms with Gasteiger partial charge in [-0.25, -0.2) is 0 Å². The van der Waals surface area contributed by atoms with Crippen molar-refractivity contribution in [1.82, 2.24) is 9.80 Å². The van der Waals surface area contributed by atoms with E-state index in [4.69, 9.17) is 0 Å². The van der Waals surface area contributed by atoms with Gasteiger partial charge in [0.05, 0.1) is 6.54 Å². The van der Waals surface area contributed by atoms with E-state index in [9.17, 15) is 4.79 Å².